The van der Waals surface area contributed by atoms with Gasteiger partial charge in [0.05, 0.1) is 41.8 Å². The van der Waals surface area contributed by atoms with E-state index in [-0.39, 0.29) is 36.4 Å². The van der Waals surface area contributed by atoms with E-state index in [0.717, 1.165) is 22.2 Å². The van der Waals surface area contributed by atoms with Gasteiger partial charge in [0.15, 0.2) is 14.9 Å². The maximum Gasteiger partial charge on any atom is 0.197 e. The summed E-state index contributed by atoms with van der Waals surface area (Å²) in [5.41, 5.74) is 3.56. The monoisotopic (exact) mass is 735 g/mol. The molecule has 0 unspecified atom stereocenters. The minimum absolute atomic E-state index is 0.00964. The number of nitrogens with one attached hydrogen (secondary N) is 1. The van der Waals surface area contributed by atoms with Crippen molar-refractivity contribution in [3.63, 3.8) is 0 Å². The number of thiazole rings is 1. The molecule has 0 fully saturated rings. The third-order valence-corrected chi connectivity index (χ3v) is 9.97. The number of fused-ring (bicyclic) bond motifs is 1. The van der Waals surface area contributed by atoms with Gasteiger partial charge in [-0.3, -0.25) is 0 Å². The quantitative estimate of drug-likeness (QED) is 0.120. The van der Waals surface area contributed by atoms with Crippen molar-refractivity contribution in [1.82, 2.24) is 19.9 Å². The molecular weight excluding hydrogens is 709 g/mol. The van der Waals surface area contributed by atoms with Crippen LogP contribution < -0.4 is 14.8 Å². The molecule has 0 aliphatic rings. The fourth-order valence-electron chi connectivity index (χ4n) is 4.64. The van der Waals surface area contributed by atoms with Crippen LogP contribution in [0.25, 0.3) is 22.2 Å². The molecule has 14 heteroatoms. The molecule has 3 aromatic carbocycles. The van der Waals surface area contributed by atoms with Gasteiger partial charge >= 0.3 is 0 Å². The van der Waals surface area contributed by atoms with Crippen LogP contribution in [-0.2, 0) is 27.8 Å². The second-order valence-electron chi connectivity index (χ2n) is 10.1. The predicted molar refractivity (Wildman–Crippen MR) is 181 cm³/mol. The Labute approximate surface area is 282 Å². The van der Waals surface area contributed by atoms with E-state index in [0.29, 0.717) is 38.0 Å². The molecular formula is C33H27BrFN5O5S2. The second-order valence-corrected chi connectivity index (χ2v) is 14.0. The minimum atomic E-state index is -3.54. The summed E-state index contributed by atoms with van der Waals surface area (Å²) in [6, 6.07) is 20.3. The molecule has 0 aliphatic heterocycles. The maximum atomic E-state index is 13.5. The lowest BCUT2D eigenvalue weighted by atomic mass is 10.1. The topological polar surface area (TPSA) is 125 Å². The van der Waals surface area contributed by atoms with Gasteiger partial charge < -0.3 is 19.5 Å². The van der Waals surface area contributed by atoms with Crippen molar-refractivity contribution in [2.75, 3.05) is 24.8 Å². The van der Waals surface area contributed by atoms with E-state index < -0.39 is 9.84 Å². The number of hydrogen-bond donors (Lipinski definition) is 1. The van der Waals surface area contributed by atoms with E-state index in [1.165, 1.54) is 42.1 Å². The number of nitrogens with zero attached hydrogens (tertiary/aromatic N) is 4. The van der Waals surface area contributed by atoms with Crippen molar-refractivity contribution in [2.45, 2.75) is 18.2 Å². The van der Waals surface area contributed by atoms with Gasteiger partial charge in [0.25, 0.3) is 0 Å². The van der Waals surface area contributed by atoms with Crippen molar-refractivity contribution >= 4 is 59.5 Å². The Morgan fingerprint density at radius 2 is 1.85 bits per heavy atom. The van der Waals surface area contributed by atoms with Crippen molar-refractivity contribution in [3.05, 3.63) is 112 Å². The first-order chi connectivity index (χ1) is 22.8. The van der Waals surface area contributed by atoms with Crippen LogP contribution in [0.15, 0.2) is 100 Å². The number of benzene rings is 3. The van der Waals surface area contributed by atoms with E-state index in [9.17, 15) is 12.8 Å². The predicted octanol–water partition coefficient (Wildman–Crippen LogP) is 7.37. The van der Waals surface area contributed by atoms with Crippen LogP contribution in [0.2, 0.25) is 0 Å². The van der Waals surface area contributed by atoms with Gasteiger partial charge in [0.1, 0.15) is 41.1 Å². The average Bonchev–Trinajstić information content (AvgIpc) is 3.55. The molecule has 0 atom stereocenters. The summed E-state index contributed by atoms with van der Waals surface area (Å²) in [6.45, 7) is 0.392. The molecule has 3 heterocycles. The number of aromatic nitrogens is 4. The highest BCUT2D eigenvalue weighted by Crippen LogP contribution is 2.37. The van der Waals surface area contributed by atoms with Crippen molar-refractivity contribution < 1.29 is 27.0 Å². The van der Waals surface area contributed by atoms with E-state index in [1.54, 1.807) is 31.4 Å². The summed E-state index contributed by atoms with van der Waals surface area (Å²) < 4.78 is 56.4. The summed E-state index contributed by atoms with van der Waals surface area (Å²) >= 11 is 4.97. The number of ether oxygens (including phenoxy) is 3. The van der Waals surface area contributed by atoms with Crippen molar-refractivity contribution in [3.8, 4) is 22.8 Å². The summed E-state index contributed by atoms with van der Waals surface area (Å²) in [6.07, 6.45) is 2.92. The summed E-state index contributed by atoms with van der Waals surface area (Å²) in [4.78, 5) is 17.6. The van der Waals surface area contributed by atoms with Crippen LogP contribution in [-0.4, -0.2) is 47.8 Å². The normalized spacial score (nSPS) is 11.5. The molecule has 47 heavy (non-hydrogen) atoms. The lowest BCUT2D eigenvalue weighted by Crippen LogP contribution is -2.13. The van der Waals surface area contributed by atoms with Gasteiger partial charge in [-0.25, -0.2) is 32.7 Å². The number of pyridine rings is 1. The lowest BCUT2D eigenvalue weighted by molar-refractivity contribution is 0.135. The molecule has 0 radical (unpaired) electrons. The first-order valence-corrected chi connectivity index (χ1v) is 17.5. The van der Waals surface area contributed by atoms with Gasteiger partial charge in [0, 0.05) is 34.3 Å². The lowest BCUT2D eigenvalue weighted by Gasteiger charge is -2.13. The number of hydrogen-bond acceptors (Lipinski definition) is 11. The first-order valence-electron chi connectivity index (χ1n) is 14.2. The SMILES string of the molecule is COc1cc2ncnc(Nc3ccc(OCc4cccc(F)c4)c(Br)c3)c2cc1-c1csc(COCCS(=O)(=O)c2ccccn2)n1. The number of halogens is 2. The molecule has 0 amide bonds. The van der Waals surface area contributed by atoms with Crippen LogP contribution in [0.3, 0.4) is 0 Å². The molecule has 3 aromatic heterocycles. The molecule has 240 valence electrons. The molecule has 0 spiro atoms. The number of methoxy groups -OCH3 is 1. The smallest absolute Gasteiger partial charge is 0.197 e. The van der Waals surface area contributed by atoms with E-state index in [2.05, 4.69) is 36.2 Å². The van der Waals surface area contributed by atoms with Crippen LogP contribution in [0.4, 0.5) is 15.9 Å². The Bertz CT molecular complexity index is 2130. The van der Waals surface area contributed by atoms with Crippen LogP contribution in [0.5, 0.6) is 11.5 Å². The van der Waals surface area contributed by atoms with Crippen molar-refractivity contribution in [1.29, 1.82) is 0 Å². The maximum absolute atomic E-state index is 13.5. The Balaban J connectivity index is 1.16. The highest BCUT2D eigenvalue weighted by Gasteiger charge is 2.17. The van der Waals surface area contributed by atoms with E-state index in [1.807, 2.05) is 35.7 Å². The fraction of sp³-hybridized carbons (Fsp3) is 0.152. The Kier molecular flexibility index (Phi) is 10.0. The highest BCUT2D eigenvalue weighted by molar-refractivity contribution is 9.10. The molecule has 0 bridgehead atoms. The minimum Gasteiger partial charge on any atom is -0.496 e. The summed E-state index contributed by atoms with van der Waals surface area (Å²) in [5, 5.41) is 6.71. The van der Waals surface area contributed by atoms with Gasteiger partial charge in [0.2, 0.25) is 0 Å². The van der Waals surface area contributed by atoms with Crippen LogP contribution >= 0.6 is 27.3 Å². The van der Waals surface area contributed by atoms with E-state index in [4.69, 9.17) is 19.2 Å². The van der Waals surface area contributed by atoms with Crippen molar-refractivity contribution in [2.24, 2.45) is 0 Å². The summed E-state index contributed by atoms with van der Waals surface area (Å²) in [7, 11) is -1.95. The zero-order chi connectivity index (χ0) is 32.8. The zero-order valence-electron chi connectivity index (χ0n) is 24.9. The third kappa shape index (κ3) is 7.91. The number of sulfone groups is 1. The molecule has 0 saturated carbocycles. The molecule has 0 aliphatic carbocycles. The average molecular weight is 737 g/mol. The molecule has 6 aromatic rings. The van der Waals surface area contributed by atoms with Crippen LogP contribution in [0.1, 0.15) is 10.6 Å². The highest BCUT2D eigenvalue weighted by atomic mass is 79.9. The largest absolute Gasteiger partial charge is 0.496 e. The molecule has 1 N–H and O–H groups in total. The molecule has 0 saturated heterocycles. The second kappa shape index (κ2) is 14.5. The van der Waals surface area contributed by atoms with Gasteiger partial charge in [-0.1, -0.05) is 18.2 Å². The Hall–Kier alpha value is -4.50. The number of anilines is 2. The zero-order valence-corrected chi connectivity index (χ0v) is 28.1. The Morgan fingerprint density at radius 1 is 0.957 bits per heavy atom. The van der Waals surface area contributed by atoms with E-state index >= 15 is 0 Å². The van der Waals surface area contributed by atoms with Crippen LogP contribution in [0, 0.1) is 5.82 Å². The Morgan fingerprint density at radius 3 is 2.64 bits per heavy atom. The molecule has 6 rings (SSSR count). The fourth-order valence-corrected chi connectivity index (χ4v) is 6.91. The summed E-state index contributed by atoms with van der Waals surface area (Å²) in [5.74, 6) is 1.28. The van der Waals surface area contributed by atoms with Gasteiger partial charge in [-0.2, -0.15) is 0 Å². The number of rotatable bonds is 13. The standard InChI is InChI=1S/C33H27BrFN5O5S2/c1-43-30-16-27-25(15-24(30)28-19-46-31(40-28)18-44-11-12-47(41,42)32-7-2-3-10-36-32)33(38-20-37-27)39-23-8-9-29(26(34)14-23)45-17-21-5-4-6-22(35)13-21/h2-10,13-16,19-20H,11-12,17-18H2,1H3,(H,37,38,39). The van der Waals surface area contributed by atoms with Gasteiger partial charge in [-0.15, -0.1) is 11.3 Å². The first kappa shape index (κ1) is 32.4. The third-order valence-electron chi connectivity index (χ3n) is 6.94. The molecule has 10 nitrogen and oxygen atoms in total. The van der Waals surface area contributed by atoms with Gasteiger partial charge in [-0.05, 0) is 70.0 Å².